The molecule has 1 aromatic heterocycles. The lowest BCUT2D eigenvalue weighted by molar-refractivity contribution is -0.130. The van der Waals surface area contributed by atoms with Gasteiger partial charge in [0, 0.05) is 26.2 Å². The normalized spacial score (nSPS) is 15.0. The van der Waals surface area contributed by atoms with Gasteiger partial charge in [-0.25, -0.2) is 0 Å². The second kappa shape index (κ2) is 7.77. The third-order valence-electron chi connectivity index (χ3n) is 5.07. The number of amides is 2. The van der Waals surface area contributed by atoms with E-state index in [2.05, 4.69) is 18.2 Å². The maximum Gasteiger partial charge on any atom is 0.257 e. The van der Waals surface area contributed by atoms with Crippen molar-refractivity contribution in [1.82, 2.24) is 9.80 Å². The van der Waals surface area contributed by atoms with E-state index in [0.29, 0.717) is 43.9 Å². The van der Waals surface area contributed by atoms with Crippen LogP contribution < -0.4 is 0 Å². The molecule has 0 spiro atoms. The van der Waals surface area contributed by atoms with Crippen LogP contribution >= 0.6 is 0 Å². The summed E-state index contributed by atoms with van der Waals surface area (Å²) < 4.78 is 5.24. The topological polar surface area (TPSA) is 53.8 Å². The molecule has 5 heteroatoms. The summed E-state index contributed by atoms with van der Waals surface area (Å²) in [5.41, 5.74) is 4.01. The molecule has 0 saturated carbocycles. The molecule has 5 nitrogen and oxygen atoms in total. The average molecular weight is 354 g/mol. The number of hydrogen-bond donors (Lipinski definition) is 0. The molecule has 0 unspecified atom stereocenters. The lowest BCUT2D eigenvalue weighted by atomic mass is 10.0. The first-order valence-corrected chi connectivity index (χ1v) is 9.13. The number of aryl methyl sites for hydroxylation is 3. The molecule has 0 radical (unpaired) electrons. The Hall–Kier alpha value is -2.56. The molecule has 2 amide bonds. The number of benzene rings is 1. The van der Waals surface area contributed by atoms with Crippen LogP contribution in [0.1, 0.15) is 39.2 Å². The van der Waals surface area contributed by atoms with Crippen molar-refractivity contribution >= 4 is 11.8 Å². The molecule has 3 rings (SSSR count). The lowest BCUT2D eigenvalue weighted by Crippen LogP contribution is -2.38. The fourth-order valence-electron chi connectivity index (χ4n) is 3.41. The summed E-state index contributed by atoms with van der Waals surface area (Å²) >= 11 is 0. The van der Waals surface area contributed by atoms with E-state index in [9.17, 15) is 9.59 Å². The molecule has 0 N–H and O–H groups in total. The Morgan fingerprint density at radius 3 is 2.46 bits per heavy atom. The second-order valence-electron chi connectivity index (χ2n) is 7.02. The van der Waals surface area contributed by atoms with Crippen LogP contribution in [0.25, 0.3) is 0 Å². The quantitative estimate of drug-likeness (QED) is 0.851. The lowest BCUT2D eigenvalue weighted by Gasteiger charge is -2.22. The van der Waals surface area contributed by atoms with Crippen molar-refractivity contribution in [3.8, 4) is 0 Å². The van der Waals surface area contributed by atoms with Crippen molar-refractivity contribution in [3.05, 3.63) is 58.5 Å². The summed E-state index contributed by atoms with van der Waals surface area (Å²) in [6.07, 6.45) is 2.75. The SMILES string of the molecule is Cc1ccc(C)c(CC(=O)N2CCCN(C(=O)c3ccoc3C)CC2)c1. The van der Waals surface area contributed by atoms with Crippen molar-refractivity contribution in [1.29, 1.82) is 0 Å². The van der Waals surface area contributed by atoms with Crippen LogP contribution in [0.15, 0.2) is 34.9 Å². The van der Waals surface area contributed by atoms with E-state index in [1.165, 1.54) is 5.56 Å². The first kappa shape index (κ1) is 18.2. The standard InChI is InChI=1S/C21H26N2O3/c1-15-5-6-16(2)18(13-15)14-20(24)22-8-4-9-23(11-10-22)21(25)19-7-12-26-17(19)3/h5-7,12-13H,4,8-11,14H2,1-3H3. The molecule has 1 saturated heterocycles. The van der Waals surface area contributed by atoms with E-state index in [1.807, 2.05) is 23.6 Å². The Morgan fingerprint density at radius 1 is 1.00 bits per heavy atom. The Balaban J connectivity index is 1.63. The minimum Gasteiger partial charge on any atom is -0.469 e. The molecule has 1 aromatic carbocycles. The molecule has 1 aliphatic heterocycles. The Bertz CT molecular complexity index is 809. The minimum absolute atomic E-state index is 0.0138. The first-order valence-electron chi connectivity index (χ1n) is 9.13. The van der Waals surface area contributed by atoms with Crippen LogP contribution in [-0.2, 0) is 11.2 Å². The van der Waals surface area contributed by atoms with Crippen molar-refractivity contribution in [3.63, 3.8) is 0 Å². The largest absolute Gasteiger partial charge is 0.469 e. The molecule has 0 bridgehead atoms. The third kappa shape index (κ3) is 3.98. The van der Waals surface area contributed by atoms with Crippen molar-refractivity contribution in [2.45, 2.75) is 33.6 Å². The molecule has 0 aliphatic carbocycles. The van der Waals surface area contributed by atoms with Crippen LogP contribution in [0, 0.1) is 20.8 Å². The van der Waals surface area contributed by atoms with Gasteiger partial charge in [-0.15, -0.1) is 0 Å². The van der Waals surface area contributed by atoms with E-state index >= 15 is 0 Å². The molecular formula is C21H26N2O3. The highest BCUT2D eigenvalue weighted by Crippen LogP contribution is 2.16. The van der Waals surface area contributed by atoms with Crippen LogP contribution in [0.3, 0.4) is 0 Å². The highest BCUT2D eigenvalue weighted by atomic mass is 16.3. The molecule has 1 aliphatic rings. The highest BCUT2D eigenvalue weighted by Gasteiger charge is 2.24. The van der Waals surface area contributed by atoms with Gasteiger partial charge in [0.1, 0.15) is 5.76 Å². The number of nitrogens with zero attached hydrogens (tertiary/aromatic N) is 2. The molecule has 138 valence electrons. The molecule has 26 heavy (non-hydrogen) atoms. The fourth-order valence-corrected chi connectivity index (χ4v) is 3.41. The number of rotatable bonds is 3. The summed E-state index contributed by atoms with van der Waals surface area (Å²) in [4.78, 5) is 29.1. The summed E-state index contributed by atoms with van der Waals surface area (Å²) in [5.74, 6) is 0.759. The van der Waals surface area contributed by atoms with Crippen LogP contribution in [0.4, 0.5) is 0 Å². The molecule has 1 fully saturated rings. The van der Waals surface area contributed by atoms with E-state index < -0.39 is 0 Å². The van der Waals surface area contributed by atoms with Crippen molar-refractivity contribution in [2.24, 2.45) is 0 Å². The van der Waals surface area contributed by atoms with Gasteiger partial charge < -0.3 is 14.2 Å². The predicted octanol–water partition coefficient (Wildman–Crippen LogP) is 3.12. The van der Waals surface area contributed by atoms with E-state index in [4.69, 9.17) is 4.42 Å². The number of carbonyl (C=O) groups is 2. The monoisotopic (exact) mass is 354 g/mol. The van der Waals surface area contributed by atoms with Gasteiger partial charge in [0.25, 0.3) is 5.91 Å². The van der Waals surface area contributed by atoms with Gasteiger partial charge in [-0.2, -0.15) is 0 Å². The minimum atomic E-state index is -0.0138. The Kier molecular flexibility index (Phi) is 5.45. The number of hydrogen-bond acceptors (Lipinski definition) is 3. The molecular weight excluding hydrogens is 328 g/mol. The van der Waals surface area contributed by atoms with Crippen molar-refractivity contribution in [2.75, 3.05) is 26.2 Å². The maximum absolute atomic E-state index is 12.8. The van der Waals surface area contributed by atoms with Crippen LogP contribution in [0.2, 0.25) is 0 Å². The zero-order valence-electron chi connectivity index (χ0n) is 15.7. The number of furan rings is 1. The summed E-state index contributed by atoms with van der Waals surface area (Å²) in [5, 5.41) is 0. The van der Waals surface area contributed by atoms with Crippen molar-refractivity contribution < 1.29 is 14.0 Å². The zero-order chi connectivity index (χ0) is 18.7. The fraction of sp³-hybridized carbons (Fsp3) is 0.429. The van der Waals surface area contributed by atoms with Gasteiger partial charge in [0.15, 0.2) is 0 Å². The van der Waals surface area contributed by atoms with Gasteiger partial charge in [-0.3, -0.25) is 9.59 Å². The Morgan fingerprint density at radius 2 is 1.73 bits per heavy atom. The van der Waals surface area contributed by atoms with Crippen LogP contribution in [0.5, 0.6) is 0 Å². The van der Waals surface area contributed by atoms with E-state index in [-0.39, 0.29) is 11.8 Å². The maximum atomic E-state index is 12.8. The molecule has 2 aromatic rings. The first-order chi connectivity index (χ1) is 12.5. The van der Waals surface area contributed by atoms with Gasteiger partial charge in [0.05, 0.1) is 18.2 Å². The van der Waals surface area contributed by atoms with E-state index in [1.54, 1.807) is 19.3 Å². The Labute approximate surface area is 154 Å². The van der Waals surface area contributed by atoms with Gasteiger partial charge in [-0.1, -0.05) is 23.8 Å². The summed E-state index contributed by atoms with van der Waals surface area (Å²) in [6, 6.07) is 7.93. The third-order valence-corrected chi connectivity index (χ3v) is 5.07. The smallest absolute Gasteiger partial charge is 0.257 e. The van der Waals surface area contributed by atoms with Crippen LogP contribution in [-0.4, -0.2) is 47.8 Å². The second-order valence-corrected chi connectivity index (χ2v) is 7.02. The predicted molar refractivity (Wildman–Crippen MR) is 100 cm³/mol. The van der Waals surface area contributed by atoms with Gasteiger partial charge >= 0.3 is 0 Å². The summed E-state index contributed by atoms with van der Waals surface area (Å²) in [6.45, 7) is 8.37. The summed E-state index contributed by atoms with van der Waals surface area (Å²) in [7, 11) is 0. The molecule has 0 atom stereocenters. The zero-order valence-corrected chi connectivity index (χ0v) is 15.7. The van der Waals surface area contributed by atoms with E-state index in [0.717, 1.165) is 17.5 Å². The van der Waals surface area contributed by atoms with Gasteiger partial charge in [-0.05, 0) is 44.4 Å². The average Bonchev–Trinajstić information content (AvgIpc) is 2.89. The van der Waals surface area contributed by atoms with Gasteiger partial charge in [0.2, 0.25) is 5.91 Å². The number of carbonyl (C=O) groups excluding carboxylic acids is 2. The molecule has 2 heterocycles. The highest BCUT2D eigenvalue weighted by molar-refractivity contribution is 5.95.